The number of hydrogen-bond acceptors (Lipinski definition) is 6. The van der Waals surface area contributed by atoms with E-state index in [1.165, 1.54) is 0 Å². The van der Waals surface area contributed by atoms with Gasteiger partial charge < -0.3 is 14.2 Å². The monoisotopic (exact) mass is 324 g/mol. The number of piperazine rings is 1. The van der Waals surface area contributed by atoms with E-state index < -0.39 is 5.60 Å². The zero-order valence-corrected chi connectivity index (χ0v) is 14.1. The van der Waals surface area contributed by atoms with Gasteiger partial charge in [0.05, 0.1) is 12.2 Å². The largest absolute Gasteiger partial charge is 0.444 e. The molecule has 2 heterocycles. The molecule has 1 aromatic heterocycles. The van der Waals surface area contributed by atoms with E-state index in [9.17, 15) is 9.59 Å². The summed E-state index contributed by atoms with van der Waals surface area (Å²) < 4.78 is 10.3. The van der Waals surface area contributed by atoms with Gasteiger partial charge in [0.2, 0.25) is 11.8 Å². The van der Waals surface area contributed by atoms with Crippen molar-refractivity contribution in [2.45, 2.75) is 33.3 Å². The quantitative estimate of drug-likeness (QED) is 0.906. The average Bonchev–Trinajstić information content (AvgIpc) is 2.82. The fourth-order valence-electron chi connectivity index (χ4n) is 2.22. The number of aryl methyl sites for hydroxylation is 1. The lowest BCUT2D eigenvalue weighted by Gasteiger charge is -2.35. The normalized spacial score (nSPS) is 16.3. The second-order valence-electron chi connectivity index (χ2n) is 6.62. The van der Waals surface area contributed by atoms with Gasteiger partial charge in [-0.1, -0.05) is 5.16 Å². The highest BCUT2D eigenvalue weighted by molar-refractivity contribution is 5.91. The van der Waals surface area contributed by atoms with Crippen LogP contribution in [0.1, 0.15) is 26.5 Å². The SMILES string of the molecule is Cc1cc(NC(=O)CN2CCN(C(=O)OC(C)(C)C)CC2)on1. The van der Waals surface area contributed by atoms with E-state index in [1.54, 1.807) is 17.9 Å². The smallest absolute Gasteiger partial charge is 0.410 e. The van der Waals surface area contributed by atoms with E-state index in [2.05, 4.69) is 10.5 Å². The lowest BCUT2D eigenvalue weighted by atomic mass is 10.2. The maximum absolute atomic E-state index is 12.0. The van der Waals surface area contributed by atoms with Crippen LogP contribution in [0.2, 0.25) is 0 Å². The predicted molar refractivity (Wildman–Crippen MR) is 84.1 cm³/mol. The van der Waals surface area contributed by atoms with Crippen LogP contribution in [0.5, 0.6) is 0 Å². The molecule has 1 saturated heterocycles. The Hall–Kier alpha value is -2.09. The number of aromatic nitrogens is 1. The number of hydrogen-bond donors (Lipinski definition) is 1. The van der Waals surface area contributed by atoms with Gasteiger partial charge in [-0.2, -0.15) is 0 Å². The highest BCUT2D eigenvalue weighted by atomic mass is 16.6. The molecule has 2 rings (SSSR count). The number of anilines is 1. The number of amides is 2. The summed E-state index contributed by atoms with van der Waals surface area (Å²) in [6.07, 6.45) is -0.307. The third-order valence-corrected chi connectivity index (χ3v) is 3.28. The fourth-order valence-corrected chi connectivity index (χ4v) is 2.22. The van der Waals surface area contributed by atoms with Crippen molar-refractivity contribution in [3.8, 4) is 0 Å². The molecule has 2 amide bonds. The van der Waals surface area contributed by atoms with Crippen LogP contribution in [-0.4, -0.2) is 65.3 Å². The molecule has 1 aromatic rings. The molecule has 1 aliphatic rings. The summed E-state index contributed by atoms with van der Waals surface area (Å²) in [4.78, 5) is 27.6. The van der Waals surface area contributed by atoms with Crippen molar-refractivity contribution in [2.75, 3.05) is 38.0 Å². The first kappa shape index (κ1) is 17.3. The molecule has 0 radical (unpaired) electrons. The molecule has 23 heavy (non-hydrogen) atoms. The molecule has 0 aliphatic carbocycles. The van der Waals surface area contributed by atoms with Gasteiger partial charge in [-0.15, -0.1) is 0 Å². The molecule has 1 aliphatic heterocycles. The van der Waals surface area contributed by atoms with Gasteiger partial charge in [0.15, 0.2) is 0 Å². The molecule has 8 nitrogen and oxygen atoms in total. The number of nitrogens with zero attached hydrogens (tertiary/aromatic N) is 3. The molecule has 0 bridgehead atoms. The molecule has 1 N–H and O–H groups in total. The molecular formula is C15H24N4O4. The molecule has 0 spiro atoms. The van der Waals surface area contributed by atoms with Crippen molar-refractivity contribution in [1.82, 2.24) is 15.0 Å². The van der Waals surface area contributed by atoms with Crippen molar-refractivity contribution in [1.29, 1.82) is 0 Å². The Morgan fingerprint density at radius 3 is 2.48 bits per heavy atom. The first-order valence-corrected chi connectivity index (χ1v) is 7.66. The first-order chi connectivity index (χ1) is 10.7. The van der Waals surface area contributed by atoms with Crippen molar-refractivity contribution in [3.63, 3.8) is 0 Å². The van der Waals surface area contributed by atoms with E-state index in [0.29, 0.717) is 37.8 Å². The van der Waals surface area contributed by atoms with Gasteiger partial charge in [0, 0.05) is 32.2 Å². The van der Waals surface area contributed by atoms with Gasteiger partial charge >= 0.3 is 6.09 Å². The molecule has 0 atom stereocenters. The van der Waals surface area contributed by atoms with E-state index >= 15 is 0 Å². The first-order valence-electron chi connectivity index (χ1n) is 7.66. The van der Waals surface area contributed by atoms with E-state index in [-0.39, 0.29) is 18.5 Å². The van der Waals surface area contributed by atoms with Crippen molar-refractivity contribution >= 4 is 17.9 Å². The van der Waals surface area contributed by atoms with Crippen LogP contribution in [0.3, 0.4) is 0 Å². The highest BCUT2D eigenvalue weighted by Gasteiger charge is 2.26. The lowest BCUT2D eigenvalue weighted by Crippen LogP contribution is -2.51. The van der Waals surface area contributed by atoms with Crippen molar-refractivity contribution < 1.29 is 18.8 Å². The van der Waals surface area contributed by atoms with E-state index in [1.807, 2.05) is 25.7 Å². The van der Waals surface area contributed by atoms with Gasteiger partial charge in [-0.05, 0) is 27.7 Å². The summed E-state index contributed by atoms with van der Waals surface area (Å²) in [6, 6.07) is 1.67. The molecule has 0 unspecified atom stereocenters. The maximum Gasteiger partial charge on any atom is 0.410 e. The number of ether oxygens (including phenoxy) is 1. The van der Waals surface area contributed by atoms with Crippen LogP contribution in [-0.2, 0) is 9.53 Å². The minimum atomic E-state index is -0.497. The molecule has 128 valence electrons. The third-order valence-electron chi connectivity index (χ3n) is 3.28. The zero-order valence-electron chi connectivity index (χ0n) is 14.1. The van der Waals surface area contributed by atoms with Crippen LogP contribution in [0.15, 0.2) is 10.6 Å². The Morgan fingerprint density at radius 2 is 1.96 bits per heavy atom. The second kappa shape index (κ2) is 6.99. The van der Waals surface area contributed by atoms with Crippen LogP contribution in [0, 0.1) is 6.92 Å². The van der Waals surface area contributed by atoms with Gasteiger partial charge in [-0.25, -0.2) is 4.79 Å². The van der Waals surface area contributed by atoms with Crippen LogP contribution in [0.4, 0.5) is 10.7 Å². The predicted octanol–water partition coefficient (Wildman–Crippen LogP) is 1.47. The second-order valence-corrected chi connectivity index (χ2v) is 6.62. The number of carbonyl (C=O) groups excluding carboxylic acids is 2. The summed E-state index contributed by atoms with van der Waals surface area (Å²) in [6.45, 7) is 9.92. The third kappa shape index (κ3) is 5.55. The average molecular weight is 324 g/mol. The topological polar surface area (TPSA) is 87.9 Å². The maximum atomic E-state index is 12.0. The van der Waals surface area contributed by atoms with Gasteiger partial charge in [-0.3, -0.25) is 15.0 Å². The number of nitrogens with one attached hydrogen (secondary N) is 1. The zero-order chi connectivity index (χ0) is 17.0. The molecule has 8 heteroatoms. The molecule has 0 saturated carbocycles. The minimum Gasteiger partial charge on any atom is -0.444 e. The summed E-state index contributed by atoms with van der Waals surface area (Å²) in [5, 5.41) is 6.37. The molecular weight excluding hydrogens is 300 g/mol. The minimum absolute atomic E-state index is 0.160. The Morgan fingerprint density at radius 1 is 1.30 bits per heavy atom. The van der Waals surface area contributed by atoms with E-state index in [4.69, 9.17) is 9.26 Å². The van der Waals surface area contributed by atoms with Gasteiger partial charge in [0.1, 0.15) is 5.60 Å². The number of carbonyl (C=O) groups is 2. The molecule has 1 fully saturated rings. The summed E-state index contributed by atoms with van der Waals surface area (Å²) in [7, 11) is 0. The Balaban J connectivity index is 1.74. The van der Waals surface area contributed by atoms with Crippen molar-refractivity contribution in [2.24, 2.45) is 0 Å². The summed E-state index contributed by atoms with van der Waals surface area (Å²) in [5.74, 6) is 0.187. The number of rotatable bonds is 3. The molecule has 0 aromatic carbocycles. The highest BCUT2D eigenvalue weighted by Crippen LogP contribution is 2.12. The van der Waals surface area contributed by atoms with E-state index in [0.717, 1.165) is 0 Å². The van der Waals surface area contributed by atoms with Gasteiger partial charge in [0.25, 0.3) is 0 Å². The lowest BCUT2D eigenvalue weighted by molar-refractivity contribution is -0.117. The van der Waals surface area contributed by atoms with Crippen molar-refractivity contribution in [3.05, 3.63) is 11.8 Å². The fraction of sp³-hybridized carbons (Fsp3) is 0.667. The Labute approximate surface area is 135 Å². The van der Waals surface area contributed by atoms with Crippen LogP contribution >= 0.6 is 0 Å². The van der Waals surface area contributed by atoms with Crippen LogP contribution in [0.25, 0.3) is 0 Å². The standard InChI is InChI=1S/C15H24N4O4/c1-11-9-13(23-17-11)16-12(20)10-18-5-7-19(8-6-18)14(21)22-15(2,3)4/h9H,5-8,10H2,1-4H3,(H,16,20). The summed E-state index contributed by atoms with van der Waals surface area (Å²) in [5.41, 5.74) is 0.217. The summed E-state index contributed by atoms with van der Waals surface area (Å²) >= 11 is 0. The Bertz CT molecular complexity index is 556. The van der Waals surface area contributed by atoms with Crippen LogP contribution < -0.4 is 5.32 Å². The Kier molecular flexibility index (Phi) is 5.25.